The molecule has 0 aromatic carbocycles. The highest BCUT2D eigenvalue weighted by Gasteiger charge is 2.96. The molecule has 26 nitrogen and oxygen atoms in total. The molecule has 0 aromatic heterocycles. The summed E-state index contributed by atoms with van der Waals surface area (Å²) in [6.07, 6.45) is -21.8. The van der Waals surface area contributed by atoms with Gasteiger partial charge in [0.2, 0.25) is 12.2 Å². The van der Waals surface area contributed by atoms with Crippen LogP contribution in [0.3, 0.4) is 0 Å². The fraction of sp³-hybridized carbons (Fsp3) is 0.829. The minimum Gasteiger partial charge on any atom is -0.480 e. The van der Waals surface area contributed by atoms with Gasteiger partial charge in [-0.3, -0.25) is 58.5 Å². The van der Waals surface area contributed by atoms with Crippen molar-refractivity contribution < 1.29 is 167 Å². The van der Waals surface area contributed by atoms with Crippen molar-refractivity contribution in [2.24, 2.45) is 0 Å². The monoisotopic (exact) mass is 1310 g/mol. The second-order valence-corrected chi connectivity index (χ2v) is 20.7. The number of nitrogens with zero attached hydrogens (tertiary/aromatic N) is 5. The molecule has 85 heavy (non-hydrogen) atoms. The smallest absolute Gasteiger partial charge is 0.460 e. The number of alkyl halides is 17. The van der Waals surface area contributed by atoms with Crippen LogP contribution in [0.2, 0.25) is 0 Å². The Balaban J connectivity index is 2.61. The molecule has 0 aliphatic carbocycles. The SMILES string of the molecule is CC(C(=O)NCC(=O)N(CCCCC(NCC(=O)O[C@H]1O[C@H](CO)[C@@H](O)[C@H](O)[C@@H]1O)C(=O)O)S(=O)(=O)C(F)(F)C(F)(F)C(F)(F)C(F)(F)C(F)(F)C(F)(F)C(F)(F)C(F)(F)F)N1CCN(CC(=O)O)CCN(CC(=O)O)CCN(CC(=O)O)CC1. The number of rotatable bonds is 29. The van der Waals surface area contributed by atoms with Gasteiger partial charge in [-0.05, 0) is 26.2 Å². The lowest BCUT2D eigenvalue weighted by Gasteiger charge is -2.43. The first-order valence-corrected chi connectivity index (χ1v) is 25.5. The number of amides is 2. The summed E-state index contributed by atoms with van der Waals surface area (Å²) in [6, 6.07) is -3.88. The van der Waals surface area contributed by atoms with Crippen LogP contribution in [0.25, 0.3) is 0 Å². The van der Waals surface area contributed by atoms with E-state index < -0.39 is 224 Å². The van der Waals surface area contributed by atoms with Crippen molar-refractivity contribution in [1.29, 1.82) is 0 Å². The summed E-state index contributed by atoms with van der Waals surface area (Å²) < 4.78 is 277. The minimum atomic E-state index is -9.27. The van der Waals surface area contributed by atoms with Gasteiger partial charge in [0.1, 0.15) is 30.5 Å². The standard InChI is InChI=1S/C41H56F17N7O19S/c1-20(64-12-10-62(17-25(70)71)8-6-61(16-24(68)69)7-9-63(11-13-64)18-26(72)73)31(78)60-14-23(67)65(5-3-2-4-21(32(79)80)59-15-27(74)84-33-30(77)29(76)28(75)22(19-66)83-33)85(81,82)41(57,58)39(52,53)37(48,49)35(44,45)34(42,43)36(46,47)38(50,51)40(54,55)56/h20-22,28-30,33,59,66,75-77H,2-19H2,1H3,(H,60,78)(H,68,69)(H,70,71)(H,72,73)(H,79,80)/t20?,21?,22-,28-,29+,30+,33-/m1/s1. The molecule has 0 saturated carbocycles. The second kappa shape index (κ2) is 29.1. The Morgan fingerprint density at radius 3 is 1.41 bits per heavy atom. The number of carbonyl (C=O) groups excluding carboxylic acids is 3. The molecule has 2 aliphatic rings. The molecule has 2 amide bonds. The third kappa shape index (κ3) is 17.3. The van der Waals surface area contributed by atoms with Gasteiger partial charge in [-0.1, -0.05) is 0 Å². The molecule has 2 saturated heterocycles. The molecule has 2 rings (SSSR count). The number of sulfonamides is 1. The third-order valence-corrected chi connectivity index (χ3v) is 14.7. The molecule has 0 spiro atoms. The first kappa shape index (κ1) is 75.7. The topological polar surface area (TPSA) is 374 Å². The number of carboxylic acids is 4. The molecule has 2 aliphatic heterocycles. The molecule has 7 atom stereocenters. The zero-order chi connectivity index (χ0) is 66.0. The van der Waals surface area contributed by atoms with E-state index >= 15 is 17.6 Å². The van der Waals surface area contributed by atoms with Crippen LogP contribution >= 0.6 is 0 Å². The maximum Gasteiger partial charge on any atom is 0.460 e. The van der Waals surface area contributed by atoms with E-state index in [9.17, 15) is 140 Å². The van der Waals surface area contributed by atoms with Gasteiger partial charge in [-0.15, -0.1) is 0 Å². The van der Waals surface area contributed by atoms with Gasteiger partial charge in [0, 0.05) is 58.9 Å². The van der Waals surface area contributed by atoms with E-state index in [1.807, 2.05) is 5.32 Å². The van der Waals surface area contributed by atoms with E-state index in [4.69, 9.17) is 9.47 Å². The molecular weight excluding hydrogens is 1250 g/mol. The van der Waals surface area contributed by atoms with Crippen LogP contribution < -0.4 is 10.6 Å². The zero-order valence-corrected chi connectivity index (χ0v) is 44.2. The summed E-state index contributed by atoms with van der Waals surface area (Å²) in [7, 11) is -8.41. The number of unbranched alkanes of at least 4 members (excludes halogenated alkanes) is 1. The lowest BCUT2D eigenvalue weighted by Crippen LogP contribution is -2.75. The van der Waals surface area contributed by atoms with Gasteiger partial charge in [-0.25, -0.2) is 4.31 Å². The molecule has 10 N–H and O–H groups in total. The molecule has 44 heteroatoms. The Kier molecular flexibility index (Phi) is 25.9. The fourth-order valence-electron chi connectivity index (χ4n) is 7.84. The van der Waals surface area contributed by atoms with E-state index in [2.05, 4.69) is 0 Å². The number of aliphatic hydroxyl groups is 4. The fourth-order valence-corrected chi connectivity index (χ4v) is 9.27. The molecular formula is C41H56F17N7O19S. The van der Waals surface area contributed by atoms with E-state index in [-0.39, 0.29) is 39.3 Å². The van der Waals surface area contributed by atoms with Crippen molar-refractivity contribution >= 4 is 51.7 Å². The number of carbonyl (C=O) groups is 7. The lowest BCUT2D eigenvalue weighted by atomic mass is 9.91. The van der Waals surface area contributed by atoms with Gasteiger partial charge >= 0.3 is 86.8 Å². The zero-order valence-electron chi connectivity index (χ0n) is 43.4. The normalized spacial score (nSPS) is 22.3. The maximum absolute atomic E-state index is 15.7. The van der Waals surface area contributed by atoms with E-state index in [1.54, 1.807) is 5.32 Å². The first-order valence-electron chi connectivity index (χ1n) is 24.1. The van der Waals surface area contributed by atoms with Crippen molar-refractivity contribution in [3.05, 3.63) is 0 Å². The van der Waals surface area contributed by atoms with Crippen LogP contribution in [-0.2, 0) is 53.1 Å². The molecule has 0 aromatic rings. The number of carboxylic acid groups (broad SMARTS) is 4. The quantitative estimate of drug-likeness (QED) is 0.0235. The first-order chi connectivity index (χ1) is 38.5. The highest BCUT2D eigenvalue weighted by molar-refractivity contribution is 7.90. The number of nitrogens with one attached hydrogen (secondary N) is 2. The summed E-state index contributed by atoms with van der Waals surface area (Å²) in [6.45, 7) is -10.1. The molecule has 0 radical (unpaired) electrons. The van der Waals surface area contributed by atoms with Crippen LogP contribution in [0, 0.1) is 0 Å². The van der Waals surface area contributed by atoms with Gasteiger partial charge in [0.05, 0.1) is 45.4 Å². The van der Waals surface area contributed by atoms with Crippen LogP contribution in [0.4, 0.5) is 74.6 Å². The number of ether oxygens (including phenoxy) is 2. The van der Waals surface area contributed by atoms with Gasteiger partial charge in [0.15, 0.2) is 0 Å². The summed E-state index contributed by atoms with van der Waals surface area (Å²) in [5.74, 6) is -66.2. The third-order valence-electron chi connectivity index (χ3n) is 12.9. The minimum absolute atomic E-state index is 0.156. The average molecular weight is 1310 g/mol. The van der Waals surface area contributed by atoms with Crippen LogP contribution in [0.1, 0.15) is 26.2 Å². The van der Waals surface area contributed by atoms with Crippen molar-refractivity contribution in [3.8, 4) is 0 Å². The van der Waals surface area contributed by atoms with Crippen molar-refractivity contribution in [2.75, 3.05) is 98.2 Å². The van der Waals surface area contributed by atoms with Gasteiger partial charge < -0.3 is 55.6 Å². The molecule has 494 valence electrons. The van der Waals surface area contributed by atoms with Crippen LogP contribution in [0.15, 0.2) is 0 Å². The van der Waals surface area contributed by atoms with Crippen molar-refractivity contribution in [3.63, 3.8) is 0 Å². The number of esters is 1. The number of halogens is 17. The van der Waals surface area contributed by atoms with Crippen LogP contribution in [0.5, 0.6) is 0 Å². The maximum atomic E-state index is 15.7. The predicted molar refractivity (Wildman–Crippen MR) is 241 cm³/mol. The Bertz CT molecular complexity index is 2430. The molecule has 2 fully saturated rings. The van der Waals surface area contributed by atoms with E-state index in [0.717, 1.165) is 11.8 Å². The van der Waals surface area contributed by atoms with E-state index in [1.165, 1.54) is 14.7 Å². The Hall–Kier alpha value is -5.35. The number of aliphatic carboxylic acids is 4. The Morgan fingerprint density at radius 1 is 0.600 bits per heavy atom. The molecule has 2 unspecified atom stereocenters. The molecule has 0 bridgehead atoms. The second-order valence-electron chi connectivity index (χ2n) is 18.8. The van der Waals surface area contributed by atoms with Crippen molar-refractivity contribution in [2.45, 2.75) is 116 Å². The average Bonchev–Trinajstić information content (AvgIpc) is 1.10. The summed E-state index contributed by atoms with van der Waals surface area (Å²) in [5.41, 5.74) is 0. The lowest BCUT2D eigenvalue weighted by molar-refractivity contribution is -0.458. The summed E-state index contributed by atoms with van der Waals surface area (Å²) in [4.78, 5) is 91.1. The van der Waals surface area contributed by atoms with Crippen molar-refractivity contribution in [1.82, 2.24) is 34.5 Å². The summed E-state index contributed by atoms with van der Waals surface area (Å²) in [5, 5.41) is 72.2. The summed E-state index contributed by atoms with van der Waals surface area (Å²) >= 11 is 0. The van der Waals surface area contributed by atoms with E-state index in [0.29, 0.717) is 0 Å². The highest BCUT2D eigenvalue weighted by Crippen LogP contribution is 2.64. The Labute approximate surface area is 467 Å². The number of aliphatic hydroxyl groups excluding tert-OH is 4. The number of hydrogen-bond acceptors (Lipinski definition) is 20. The van der Waals surface area contributed by atoms with Crippen LogP contribution in [-0.4, -0.2) is 303 Å². The number of hydrogen-bond donors (Lipinski definition) is 10. The highest BCUT2D eigenvalue weighted by atomic mass is 32.2. The van der Waals surface area contributed by atoms with Gasteiger partial charge in [-0.2, -0.15) is 83.1 Å². The largest absolute Gasteiger partial charge is 0.480 e. The predicted octanol–water partition coefficient (Wildman–Crippen LogP) is -1.35. The Morgan fingerprint density at radius 2 is 1.01 bits per heavy atom. The molecule has 2 heterocycles. The van der Waals surface area contributed by atoms with Gasteiger partial charge in [0.25, 0.3) is 5.91 Å².